The van der Waals surface area contributed by atoms with E-state index >= 15 is 0 Å². The molecule has 0 saturated carbocycles. The standard InChI is InChI=1S/C13H21NO/c1-4-15-13(10-14-11(2)3)12-8-6-5-7-9-12/h5-9,11,13-14H,4,10H2,1-3H3. The summed E-state index contributed by atoms with van der Waals surface area (Å²) in [5, 5.41) is 3.40. The van der Waals surface area contributed by atoms with Crippen LogP contribution in [0.15, 0.2) is 30.3 Å². The van der Waals surface area contributed by atoms with Gasteiger partial charge in [0.25, 0.3) is 0 Å². The molecule has 15 heavy (non-hydrogen) atoms. The molecule has 0 spiro atoms. The zero-order valence-corrected chi connectivity index (χ0v) is 9.86. The molecule has 0 aliphatic carbocycles. The van der Waals surface area contributed by atoms with Crippen LogP contribution in [0, 0.1) is 0 Å². The summed E-state index contributed by atoms with van der Waals surface area (Å²) in [6.07, 6.45) is 0.165. The topological polar surface area (TPSA) is 21.3 Å². The van der Waals surface area contributed by atoms with E-state index in [2.05, 4.69) is 43.4 Å². The molecule has 2 heteroatoms. The average molecular weight is 207 g/mol. The Hall–Kier alpha value is -0.860. The van der Waals surface area contributed by atoms with E-state index in [9.17, 15) is 0 Å². The van der Waals surface area contributed by atoms with Gasteiger partial charge in [0.2, 0.25) is 0 Å². The summed E-state index contributed by atoms with van der Waals surface area (Å²) in [4.78, 5) is 0. The fourth-order valence-corrected chi connectivity index (χ4v) is 1.48. The molecule has 0 aliphatic heterocycles. The van der Waals surface area contributed by atoms with Gasteiger partial charge >= 0.3 is 0 Å². The number of benzene rings is 1. The Morgan fingerprint density at radius 2 is 1.87 bits per heavy atom. The first-order valence-electron chi connectivity index (χ1n) is 5.64. The van der Waals surface area contributed by atoms with Crippen molar-refractivity contribution in [3.63, 3.8) is 0 Å². The largest absolute Gasteiger partial charge is 0.372 e. The molecule has 0 aromatic heterocycles. The second-order valence-electron chi connectivity index (χ2n) is 3.92. The lowest BCUT2D eigenvalue weighted by Gasteiger charge is -2.19. The Kier molecular flexibility index (Phi) is 5.37. The van der Waals surface area contributed by atoms with Gasteiger partial charge in [-0.15, -0.1) is 0 Å². The van der Waals surface area contributed by atoms with Crippen LogP contribution in [-0.2, 0) is 4.74 Å². The molecule has 2 nitrogen and oxygen atoms in total. The predicted molar refractivity (Wildman–Crippen MR) is 63.9 cm³/mol. The molecule has 1 N–H and O–H groups in total. The number of hydrogen-bond donors (Lipinski definition) is 1. The quantitative estimate of drug-likeness (QED) is 0.774. The van der Waals surface area contributed by atoms with Crippen molar-refractivity contribution in [2.75, 3.05) is 13.2 Å². The molecule has 1 atom stereocenters. The molecule has 0 heterocycles. The van der Waals surface area contributed by atoms with Crippen molar-refractivity contribution in [1.29, 1.82) is 0 Å². The first kappa shape index (κ1) is 12.2. The molecule has 1 unspecified atom stereocenters. The highest BCUT2D eigenvalue weighted by atomic mass is 16.5. The van der Waals surface area contributed by atoms with Gasteiger partial charge in [0, 0.05) is 19.2 Å². The van der Waals surface area contributed by atoms with E-state index in [1.54, 1.807) is 0 Å². The van der Waals surface area contributed by atoms with E-state index in [-0.39, 0.29) is 6.10 Å². The van der Waals surface area contributed by atoms with Crippen LogP contribution in [0.1, 0.15) is 32.4 Å². The zero-order valence-electron chi connectivity index (χ0n) is 9.86. The van der Waals surface area contributed by atoms with Gasteiger partial charge in [0.05, 0.1) is 6.10 Å². The Morgan fingerprint density at radius 3 is 2.40 bits per heavy atom. The first-order valence-corrected chi connectivity index (χ1v) is 5.64. The van der Waals surface area contributed by atoms with Gasteiger partial charge in [-0.3, -0.25) is 0 Å². The highest BCUT2D eigenvalue weighted by Crippen LogP contribution is 2.15. The number of hydrogen-bond acceptors (Lipinski definition) is 2. The normalized spacial score (nSPS) is 13.1. The van der Waals surface area contributed by atoms with E-state index < -0.39 is 0 Å². The molecule has 0 saturated heterocycles. The van der Waals surface area contributed by atoms with E-state index in [0.29, 0.717) is 6.04 Å². The van der Waals surface area contributed by atoms with Crippen molar-refractivity contribution in [2.45, 2.75) is 32.9 Å². The Labute approximate surface area is 92.6 Å². The SMILES string of the molecule is CCOC(CNC(C)C)c1ccccc1. The third kappa shape index (κ3) is 4.45. The smallest absolute Gasteiger partial charge is 0.0949 e. The fourth-order valence-electron chi connectivity index (χ4n) is 1.48. The minimum absolute atomic E-state index is 0.165. The molecular weight excluding hydrogens is 186 g/mol. The Bertz CT molecular complexity index is 258. The monoisotopic (exact) mass is 207 g/mol. The summed E-state index contributed by atoms with van der Waals surface area (Å²) in [7, 11) is 0. The Balaban J connectivity index is 2.57. The predicted octanol–water partition coefficient (Wildman–Crippen LogP) is 2.76. The maximum Gasteiger partial charge on any atom is 0.0949 e. The van der Waals surface area contributed by atoms with Crippen LogP contribution in [0.2, 0.25) is 0 Å². The van der Waals surface area contributed by atoms with Crippen molar-refractivity contribution in [1.82, 2.24) is 5.32 Å². The summed E-state index contributed by atoms with van der Waals surface area (Å²) >= 11 is 0. The van der Waals surface area contributed by atoms with Crippen LogP contribution in [0.5, 0.6) is 0 Å². The average Bonchev–Trinajstić information content (AvgIpc) is 2.25. The maximum atomic E-state index is 5.72. The molecule has 0 fully saturated rings. The third-order valence-corrected chi connectivity index (χ3v) is 2.25. The number of ether oxygens (including phenoxy) is 1. The van der Waals surface area contributed by atoms with Gasteiger partial charge in [-0.05, 0) is 12.5 Å². The summed E-state index contributed by atoms with van der Waals surface area (Å²) in [6, 6.07) is 10.9. The van der Waals surface area contributed by atoms with Crippen LogP contribution >= 0.6 is 0 Å². The molecular formula is C13H21NO. The minimum Gasteiger partial charge on any atom is -0.372 e. The van der Waals surface area contributed by atoms with Gasteiger partial charge in [-0.1, -0.05) is 44.2 Å². The molecule has 1 aromatic rings. The zero-order chi connectivity index (χ0) is 11.1. The summed E-state index contributed by atoms with van der Waals surface area (Å²) in [5.74, 6) is 0. The molecule has 1 rings (SSSR count). The summed E-state index contributed by atoms with van der Waals surface area (Å²) < 4.78 is 5.72. The molecule has 0 aliphatic rings. The van der Waals surface area contributed by atoms with Crippen molar-refractivity contribution in [3.05, 3.63) is 35.9 Å². The lowest BCUT2D eigenvalue weighted by molar-refractivity contribution is 0.0609. The highest BCUT2D eigenvalue weighted by Gasteiger charge is 2.10. The second-order valence-corrected chi connectivity index (χ2v) is 3.92. The lowest BCUT2D eigenvalue weighted by Crippen LogP contribution is -2.29. The van der Waals surface area contributed by atoms with E-state index in [0.717, 1.165) is 13.2 Å². The minimum atomic E-state index is 0.165. The maximum absolute atomic E-state index is 5.72. The van der Waals surface area contributed by atoms with Crippen LogP contribution in [0.4, 0.5) is 0 Å². The van der Waals surface area contributed by atoms with Crippen LogP contribution in [0.3, 0.4) is 0 Å². The van der Waals surface area contributed by atoms with Gasteiger partial charge in [-0.25, -0.2) is 0 Å². The first-order chi connectivity index (χ1) is 7.24. The van der Waals surface area contributed by atoms with Gasteiger partial charge in [0.1, 0.15) is 0 Å². The number of rotatable bonds is 6. The van der Waals surface area contributed by atoms with E-state index in [4.69, 9.17) is 4.74 Å². The molecule has 1 aromatic carbocycles. The van der Waals surface area contributed by atoms with Crippen molar-refractivity contribution in [3.8, 4) is 0 Å². The van der Waals surface area contributed by atoms with Crippen molar-refractivity contribution < 1.29 is 4.74 Å². The van der Waals surface area contributed by atoms with Crippen LogP contribution in [0.25, 0.3) is 0 Å². The molecule has 84 valence electrons. The van der Waals surface area contributed by atoms with Crippen molar-refractivity contribution >= 4 is 0 Å². The third-order valence-electron chi connectivity index (χ3n) is 2.25. The highest BCUT2D eigenvalue weighted by molar-refractivity contribution is 5.17. The fraction of sp³-hybridized carbons (Fsp3) is 0.538. The summed E-state index contributed by atoms with van der Waals surface area (Å²) in [5.41, 5.74) is 1.24. The molecule has 0 radical (unpaired) electrons. The molecule has 0 amide bonds. The van der Waals surface area contributed by atoms with Gasteiger partial charge in [0.15, 0.2) is 0 Å². The van der Waals surface area contributed by atoms with E-state index in [1.807, 2.05) is 13.0 Å². The Morgan fingerprint density at radius 1 is 1.20 bits per heavy atom. The van der Waals surface area contributed by atoms with Gasteiger partial charge < -0.3 is 10.1 Å². The van der Waals surface area contributed by atoms with Gasteiger partial charge in [-0.2, -0.15) is 0 Å². The molecule has 0 bridgehead atoms. The number of nitrogens with one attached hydrogen (secondary N) is 1. The van der Waals surface area contributed by atoms with Crippen molar-refractivity contribution in [2.24, 2.45) is 0 Å². The van der Waals surface area contributed by atoms with Crippen LogP contribution in [-0.4, -0.2) is 19.2 Å². The van der Waals surface area contributed by atoms with Crippen LogP contribution < -0.4 is 5.32 Å². The lowest BCUT2D eigenvalue weighted by atomic mass is 10.1. The van der Waals surface area contributed by atoms with E-state index in [1.165, 1.54) is 5.56 Å². The summed E-state index contributed by atoms with van der Waals surface area (Å²) in [6.45, 7) is 7.95. The second kappa shape index (κ2) is 6.59.